The number of aliphatic hydroxyl groups is 1. The van der Waals surface area contributed by atoms with E-state index in [4.69, 9.17) is 0 Å². The number of pyridine rings is 1. The van der Waals surface area contributed by atoms with Crippen LogP contribution in [0.1, 0.15) is 24.0 Å². The van der Waals surface area contributed by atoms with Crippen LogP contribution in [-0.4, -0.2) is 16.1 Å². The first-order valence-corrected chi connectivity index (χ1v) is 7.15. The number of hydrogen-bond acceptors (Lipinski definition) is 4. The van der Waals surface area contributed by atoms with Crippen LogP contribution in [0.4, 0.5) is 5.82 Å². The fraction of sp³-hybridized carbons (Fsp3) is 0.357. The molecule has 2 aromatic rings. The molecule has 4 heteroatoms. The van der Waals surface area contributed by atoms with Crippen LogP contribution < -0.4 is 4.90 Å². The number of thiophene rings is 1. The Labute approximate surface area is 111 Å². The van der Waals surface area contributed by atoms with E-state index in [0.717, 1.165) is 17.9 Å². The molecule has 94 valence electrons. The second-order valence-electron chi connectivity index (χ2n) is 4.63. The minimum Gasteiger partial charge on any atom is -0.392 e. The quantitative estimate of drug-likeness (QED) is 0.898. The Bertz CT molecular complexity index is 508. The average Bonchev–Trinajstić information content (AvgIpc) is 3.13. The molecular formula is C14H16N2OS. The van der Waals surface area contributed by atoms with Crippen molar-refractivity contribution >= 4 is 17.2 Å². The Morgan fingerprint density at radius 1 is 1.39 bits per heavy atom. The number of aliphatic hydroxyl groups excluding tert-OH is 1. The summed E-state index contributed by atoms with van der Waals surface area (Å²) in [5.41, 5.74) is 2.24. The van der Waals surface area contributed by atoms with Crippen LogP contribution in [0, 0.1) is 0 Å². The molecule has 3 rings (SSSR count). The molecule has 2 heterocycles. The number of rotatable bonds is 5. The van der Waals surface area contributed by atoms with E-state index in [-0.39, 0.29) is 6.61 Å². The average molecular weight is 260 g/mol. The lowest BCUT2D eigenvalue weighted by molar-refractivity contribution is 0.281. The van der Waals surface area contributed by atoms with Gasteiger partial charge in [0, 0.05) is 24.3 Å². The van der Waals surface area contributed by atoms with Crippen molar-refractivity contribution in [1.29, 1.82) is 0 Å². The van der Waals surface area contributed by atoms with Gasteiger partial charge in [-0.25, -0.2) is 4.98 Å². The van der Waals surface area contributed by atoms with Gasteiger partial charge in [-0.3, -0.25) is 0 Å². The third-order valence-corrected chi connectivity index (χ3v) is 3.96. The minimum atomic E-state index is 0.0516. The molecule has 18 heavy (non-hydrogen) atoms. The van der Waals surface area contributed by atoms with Crippen molar-refractivity contribution < 1.29 is 5.11 Å². The number of hydrogen-bond donors (Lipinski definition) is 1. The van der Waals surface area contributed by atoms with Crippen molar-refractivity contribution in [2.45, 2.75) is 32.0 Å². The van der Waals surface area contributed by atoms with Gasteiger partial charge in [0.1, 0.15) is 5.82 Å². The van der Waals surface area contributed by atoms with E-state index >= 15 is 0 Å². The molecule has 0 bridgehead atoms. The second-order valence-corrected chi connectivity index (χ2v) is 5.41. The molecule has 1 saturated carbocycles. The normalized spacial score (nSPS) is 14.7. The first-order valence-electron chi connectivity index (χ1n) is 6.21. The molecule has 0 radical (unpaired) electrons. The number of nitrogens with zero attached hydrogens (tertiary/aromatic N) is 2. The van der Waals surface area contributed by atoms with Crippen LogP contribution in [-0.2, 0) is 13.2 Å². The van der Waals surface area contributed by atoms with E-state index in [1.165, 1.54) is 18.4 Å². The highest BCUT2D eigenvalue weighted by molar-refractivity contribution is 7.07. The van der Waals surface area contributed by atoms with Crippen molar-refractivity contribution in [2.75, 3.05) is 4.90 Å². The number of anilines is 1. The summed E-state index contributed by atoms with van der Waals surface area (Å²) >= 11 is 1.72. The zero-order valence-corrected chi connectivity index (χ0v) is 10.9. The van der Waals surface area contributed by atoms with Crippen LogP contribution in [0.25, 0.3) is 0 Å². The van der Waals surface area contributed by atoms with Gasteiger partial charge in [0.05, 0.1) is 6.61 Å². The predicted molar refractivity (Wildman–Crippen MR) is 73.7 cm³/mol. The van der Waals surface area contributed by atoms with Gasteiger partial charge in [0.15, 0.2) is 0 Å². The summed E-state index contributed by atoms with van der Waals surface area (Å²) in [5, 5.41) is 13.7. The van der Waals surface area contributed by atoms with Gasteiger partial charge in [-0.15, -0.1) is 0 Å². The fourth-order valence-electron chi connectivity index (χ4n) is 2.15. The molecule has 0 atom stereocenters. The summed E-state index contributed by atoms with van der Waals surface area (Å²) in [7, 11) is 0. The molecular weight excluding hydrogens is 244 g/mol. The Hall–Kier alpha value is -1.39. The monoisotopic (exact) mass is 260 g/mol. The highest BCUT2D eigenvalue weighted by Gasteiger charge is 2.31. The van der Waals surface area contributed by atoms with Crippen molar-refractivity contribution in [3.63, 3.8) is 0 Å². The summed E-state index contributed by atoms with van der Waals surface area (Å²) in [6, 6.07) is 6.57. The SMILES string of the molecule is OCc1cccnc1N(Cc1ccsc1)C1CC1. The zero-order valence-electron chi connectivity index (χ0n) is 10.1. The fourth-order valence-corrected chi connectivity index (χ4v) is 2.81. The van der Waals surface area contributed by atoms with Crippen molar-refractivity contribution in [3.05, 3.63) is 46.3 Å². The van der Waals surface area contributed by atoms with Crippen LogP contribution in [0.15, 0.2) is 35.2 Å². The van der Waals surface area contributed by atoms with Crippen molar-refractivity contribution in [1.82, 2.24) is 4.98 Å². The molecule has 1 N–H and O–H groups in total. The molecule has 0 spiro atoms. The topological polar surface area (TPSA) is 36.4 Å². The summed E-state index contributed by atoms with van der Waals surface area (Å²) in [6.45, 7) is 0.939. The van der Waals surface area contributed by atoms with E-state index in [2.05, 4.69) is 26.7 Å². The van der Waals surface area contributed by atoms with Gasteiger partial charge in [-0.05, 0) is 41.3 Å². The zero-order chi connectivity index (χ0) is 12.4. The van der Waals surface area contributed by atoms with Crippen molar-refractivity contribution in [3.8, 4) is 0 Å². The van der Waals surface area contributed by atoms with Gasteiger partial charge in [0.2, 0.25) is 0 Å². The molecule has 1 aliphatic carbocycles. The summed E-state index contributed by atoms with van der Waals surface area (Å²) < 4.78 is 0. The van der Waals surface area contributed by atoms with Crippen molar-refractivity contribution in [2.24, 2.45) is 0 Å². The Balaban J connectivity index is 1.89. The van der Waals surface area contributed by atoms with E-state index in [0.29, 0.717) is 6.04 Å². The maximum atomic E-state index is 9.43. The van der Waals surface area contributed by atoms with Crippen LogP contribution >= 0.6 is 11.3 Å². The Kier molecular flexibility index (Phi) is 3.30. The lowest BCUT2D eigenvalue weighted by Gasteiger charge is -2.25. The molecule has 0 amide bonds. The third-order valence-electron chi connectivity index (χ3n) is 3.23. The molecule has 0 aromatic carbocycles. The van der Waals surface area contributed by atoms with Gasteiger partial charge in [-0.2, -0.15) is 11.3 Å². The second kappa shape index (κ2) is 5.08. The first-order chi connectivity index (χ1) is 8.88. The van der Waals surface area contributed by atoms with Crippen LogP contribution in [0.3, 0.4) is 0 Å². The lowest BCUT2D eigenvalue weighted by Crippen LogP contribution is -2.27. The third kappa shape index (κ3) is 2.40. The predicted octanol–water partition coefficient (Wildman–Crippen LogP) is 2.80. The highest BCUT2D eigenvalue weighted by Crippen LogP contribution is 2.33. The molecule has 0 unspecified atom stereocenters. The van der Waals surface area contributed by atoms with Gasteiger partial charge in [-0.1, -0.05) is 6.07 Å². The summed E-state index contributed by atoms with van der Waals surface area (Å²) in [5.74, 6) is 0.939. The first kappa shape index (κ1) is 11.7. The van der Waals surface area contributed by atoms with E-state index in [1.54, 1.807) is 17.5 Å². The van der Waals surface area contributed by atoms with Gasteiger partial charge in [0.25, 0.3) is 0 Å². The summed E-state index contributed by atoms with van der Waals surface area (Å²) in [6.07, 6.45) is 4.26. The van der Waals surface area contributed by atoms with Crippen LogP contribution in [0.2, 0.25) is 0 Å². The summed E-state index contributed by atoms with van der Waals surface area (Å²) in [4.78, 5) is 6.79. The van der Waals surface area contributed by atoms with E-state index in [1.807, 2.05) is 12.1 Å². The Morgan fingerprint density at radius 3 is 2.94 bits per heavy atom. The molecule has 0 aliphatic heterocycles. The molecule has 2 aromatic heterocycles. The molecule has 0 saturated heterocycles. The maximum Gasteiger partial charge on any atom is 0.134 e. The molecule has 1 fully saturated rings. The largest absolute Gasteiger partial charge is 0.392 e. The smallest absolute Gasteiger partial charge is 0.134 e. The standard InChI is InChI=1S/C14H16N2OS/c17-9-12-2-1-6-15-14(12)16(13-3-4-13)8-11-5-7-18-10-11/h1-2,5-7,10,13,17H,3-4,8-9H2. The van der Waals surface area contributed by atoms with E-state index in [9.17, 15) is 5.11 Å². The molecule has 1 aliphatic rings. The minimum absolute atomic E-state index is 0.0516. The lowest BCUT2D eigenvalue weighted by atomic mass is 10.2. The molecule has 3 nitrogen and oxygen atoms in total. The Morgan fingerprint density at radius 2 is 2.28 bits per heavy atom. The highest BCUT2D eigenvalue weighted by atomic mass is 32.1. The van der Waals surface area contributed by atoms with Gasteiger partial charge < -0.3 is 10.0 Å². The van der Waals surface area contributed by atoms with Crippen LogP contribution in [0.5, 0.6) is 0 Å². The van der Waals surface area contributed by atoms with Gasteiger partial charge >= 0.3 is 0 Å². The maximum absolute atomic E-state index is 9.43. The van der Waals surface area contributed by atoms with E-state index < -0.39 is 0 Å². The number of aromatic nitrogens is 1.